The van der Waals surface area contributed by atoms with Crippen LogP contribution in [0.15, 0.2) is 42.5 Å². The molecule has 0 bridgehead atoms. The fraction of sp³-hybridized carbons (Fsp3) is 0.294. The van der Waals surface area contributed by atoms with Crippen molar-refractivity contribution < 1.29 is 9.47 Å². The van der Waals surface area contributed by atoms with Gasteiger partial charge in [0.2, 0.25) is 0 Å². The van der Waals surface area contributed by atoms with Gasteiger partial charge in [-0.2, -0.15) is 0 Å². The zero-order chi connectivity index (χ0) is 15.2. The van der Waals surface area contributed by atoms with Crippen molar-refractivity contribution in [3.8, 4) is 11.5 Å². The largest absolute Gasteiger partial charge is 0.497 e. The summed E-state index contributed by atoms with van der Waals surface area (Å²) in [5.74, 6) is 1.66. The molecule has 0 heterocycles. The highest BCUT2D eigenvalue weighted by Crippen LogP contribution is 2.26. The van der Waals surface area contributed by atoms with Gasteiger partial charge >= 0.3 is 0 Å². The molecule has 0 aliphatic carbocycles. The Morgan fingerprint density at radius 1 is 1.10 bits per heavy atom. The number of benzene rings is 2. The van der Waals surface area contributed by atoms with E-state index in [0.717, 1.165) is 27.6 Å². The third-order valence-electron chi connectivity index (χ3n) is 3.46. The topological polar surface area (TPSA) is 30.5 Å². The van der Waals surface area contributed by atoms with Gasteiger partial charge in [0, 0.05) is 23.2 Å². The molecule has 3 nitrogen and oxygen atoms in total. The predicted molar refractivity (Wildman–Crippen MR) is 86.3 cm³/mol. The maximum atomic E-state index is 6.22. The van der Waals surface area contributed by atoms with E-state index in [0.29, 0.717) is 6.54 Å². The van der Waals surface area contributed by atoms with Crippen LogP contribution < -0.4 is 14.8 Å². The van der Waals surface area contributed by atoms with E-state index in [1.165, 1.54) is 0 Å². The molecule has 0 amide bonds. The smallest absolute Gasteiger partial charge is 0.123 e. The van der Waals surface area contributed by atoms with Gasteiger partial charge < -0.3 is 14.8 Å². The molecule has 2 rings (SSSR count). The molecule has 0 saturated heterocycles. The highest BCUT2D eigenvalue weighted by atomic mass is 35.5. The zero-order valence-electron chi connectivity index (χ0n) is 12.5. The van der Waals surface area contributed by atoms with Crippen LogP contribution in [-0.2, 0) is 6.54 Å². The SMILES string of the molecule is COc1ccc(OC)c(CNC(C)c2ccccc2Cl)c1. The van der Waals surface area contributed by atoms with Gasteiger partial charge in [-0.15, -0.1) is 0 Å². The molecule has 1 unspecified atom stereocenters. The van der Waals surface area contributed by atoms with Crippen molar-refractivity contribution in [3.63, 3.8) is 0 Å². The summed E-state index contributed by atoms with van der Waals surface area (Å²) in [5, 5.41) is 4.24. The number of ether oxygens (including phenoxy) is 2. The van der Waals surface area contributed by atoms with Crippen LogP contribution in [0.25, 0.3) is 0 Å². The Labute approximate surface area is 130 Å². The molecule has 0 fully saturated rings. The molecule has 0 radical (unpaired) electrons. The molecule has 0 spiro atoms. The monoisotopic (exact) mass is 305 g/mol. The highest BCUT2D eigenvalue weighted by molar-refractivity contribution is 6.31. The first kappa shape index (κ1) is 15.7. The lowest BCUT2D eigenvalue weighted by Gasteiger charge is -2.17. The molecular formula is C17H20ClNO2. The van der Waals surface area contributed by atoms with E-state index < -0.39 is 0 Å². The lowest BCUT2D eigenvalue weighted by molar-refractivity contribution is 0.395. The van der Waals surface area contributed by atoms with E-state index >= 15 is 0 Å². The van der Waals surface area contributed by atoms with Gasteiger partial charge in [-0.1, -0.05) is 29.8 Å². The maximum Gasteiger partial charge on any atom is 0.123 e. The number of hydrogen-bond acceptors (Lipinski definition) is 3. The Kier molecular flexibility index (Phi) is 5.48. The Balaban J connectivity index is 2.10. The van der Waals surface area contributed by atoms with Gasteiger partial charge in [-0.05, 0) is 36.8 Å². The van der Waals surface area contributed by atoms with Gasteiger partial charge in [0.05, 0.1) is 14.2 Å². The fourth-order valence-corrected chi connectivity index (χ4v) is 2.52. The number of methoxy groups -OCH3 is 2. The van der Waals surface area contributed by atoms with E-state index in [1.54, 1.807) is 14.2 Å². The summed E-state index contributed by atoms with van der Waals surface area (Å²) in [7, 11) is 3.33. The summed E-state index contributed by atoms with van der Waals surface area (Å²) < 4.78 is 10.6. The predicted octanol–water partition coefficient (Wildman–Crippen LogP) is 4.21. The third kappa shape index (κ3) is 3.90. The summed E-state index contributed by atoms with van der Waals surface area (Å²) in [6, 6.07) is 13.8. The molecule has 0 saturated carbocycles. The van der Waals surface area contributed by atoms with Gasteiger partial charge in [0.1, 0.15) is 11.5 Å². The molecule has 1 N–H and O–H groups in total. The van der Waals surface area contributed by atoms with E-state index in [9.17, 15) is 0 Å². The number of halogens is 1. The Morgan fingerprint density at radius 2 is 1.86 bits per heavy atom. The highest BCUT2D eigenvalue weighted by Gasteiger charge is 2.10. The first-order valence-electron chi connectivity index (χ1n) is 6.84. The molecule has 2 aromatic carbocycles. The summed E-state index contributed by atoms with van der Waals surface area (Å²) in [6.45, 7) is 2.76. The van der Waals surface area contributed by atoms with Crippen molar-refractivity contribution >= 4 is 11.6 Å². The molecule has 0 aliphatic rings. The average Bonchev–Trinajstić information content (AvgIpc) is 2.52. The maximum absolute atomic E-state index is 6.22. The second-order valence-electron chi connectivity index (χ2n) is 4.80. The van der Waals surface area contributed by atoms with Gasteiger partial charge in [-0.25, -0.2) is 0 Å². The van der Waals surface area contributed by atoms with Crippen LogP contribution in [0.4, 0.5) is 0 Å². The minimum atomic E-state index is 0.148. The lowest BCUT2D eigenvalue weighted by atomic mass is 10.1. The quantitative estimate of drug-likeness (QED) is 0.867. The molecule has 112 valence electrons. The van der Waals surface area contributed by atoms with Crippen LogP contribution in [0.2, 0.25) is 5.02 Å². The zero-order valence-corrected chi connectivity index (χ0v) is 13.3. The van der Waals surface area contributed by atoms with Crippen LogP contribution in [0, 0.1) is 0 Å². The summed E-state index contributed by atoms with van der Waals surface area (Å²) in [4.78, 5) is 0. The molecular weight excluding hydrogens is 286 g/mol. The second kappa shape index (κ2) is 7.34. The van der Waals surface area contributed by atoms with E-state index in [2.05, 4.69) is 12.2 Å². The first-order chi connectivity index (χ1) is 10.2. The van der Waals surface area contributed by atoms with Crippen molar-refractivity contribution in [1.29, 1.82) is 0 Å². The summed E-state index contributed by atoms with van der Waals surface area (Å²) in [5.41, 5.74) is 2.14. The number of hydrogen-bond donors (Lipinski definition) is 1. The Bertz CT molecular complexity index is 601. The molecule has 0 aliphatic heterocycles. The van der Waals surface area contributed by atoms with Crippen LogP contribution in [0.5, 0.6) is 11.5 Å². The van der Waals surface area contributed by atoms with E-state index in [1.807, 2.05) is 42.5 Å². The van der Waals surface area contributed by atoms with Crippen molar-refractivity contribution in [2.75, 3.05) is 14.2 Å². The van der Waals surface area contributed by atoms with Gasteiger partial charge in [0.25, 0.3) is 0 Å². The van der Waals surface area contributed by atoms with Crippen LogP contribution in [0.3, 0.4) is 0 Å². The summed E-state index contributed by atoms with van der Waals surface area (Å²) >= 11 is 6.22. The minimum absolute atomic E-state index is 0.148. The molecule has 4 heteroatoms. The molecule has 1 atom stereocenters. The molecule has 21 heavy (non-hydrogen) atoms. The van der Waals surface area contributed by atoms with Crippen LogP contribution in [0.1, 0.15) is 24.1 Å². The van der Waals surface area contributed by atoms with Gasteiger partial charge in [0.15, 0.2) is 0 Å². The molecule has 0 aromatic heterocycles. The fourth-order valence-electron chi connectivity index (χ4n) is 2.22. The standard InChI is InChI=1S/C17H20ClNO2/c1-12(15-6-4-5-7-16(15)18)19-11-13-10-14(20-2)8-9-17(13)21-3/h4-10,12,19H,11H2,1-3H3. The molecule has 2 aromatic rings. The third-order valence-corrected chi connectivity index (χ3v) is 3.80. The average molecular weight is 306 g/mol. The van der Waals surface area contributed by atoms with Crippen molar-refractivity contribution in [2.45, 2.75) is 19.5 Å². The van der Waals surface area contributed by atoms with E-state index in [-0.39, 0.29) is 6.04 Å². The second-order valence-corrected chi connectivity index (χ2v) is 5.21. The minimum Gasteiger partial charge on any atom is -0.497 e. The lowest BCUT2D eigenvalue weighted by Crippen LogP contribution is -2.18. The number of nitrogens with one attached hydrogen (secondary N) is 1. The Morgan fingerprint density at radius 3 is 2.52 bits per heavy atom. The van der Waals surface area contributed by atoms with Crippen molar-refractivity contribution in [1.82, 2.24) is 5.32 Å². The number of rotatable bonds is 6. The van der Waals surface area contributed by atoms with Crippen LogP contribution in [-0.4, -0.2) is 14.2 Å². The Hall–Kier alpha value is -1.71. The van der Waals surface area contributed by atoms with E-state index in [4.69, 9.17) is 21.1 Å². The van der Waals surface area contributed by atoms with Crippen molar-refractivity contribution in [2.24, 2.45) is 0 Å². The summed E-state index contributed by atoms with van der Waals surface area (Å²) in [6.07, 6.45) is 0. The van der Waals surface area contributed by atoms with Gasteiger partial charge in [-0.3, -0.25) is 0 Å². The van der Waals surface area contributed by atoms with Crippen molar-refractivity contribution in [3.05, 3.63) is 58.6 Å². The normalized spacial score (nSPS) is 12.0. The van der Waals surface area contributed by atoms with Crippen LogP contribution >= 0.6 is 11.6 Å². The first-order valence-corrected chi connectivity index (χ1v) is 7.22.